The molecule has 0 saturated carbocycles. The van der Waals surface area contributed by atoms with E-state index in [9.17, 15) is 17.6 Å². The quantitative estimate of drug-likeness (QED) is 0.885. The van der Waals surface area contributed by atoms with Crippen LogP contribution in [0.4, 0.5) is 4.39 Å². The van der Waals surface area contributed by atoms with Crippen LogP contribution in [0.15, 0.2) is 18.2 Å². The Morgan fingerprint density at radius 2 is 2.05 bits per heavy atom. The lowest BCUT2D eigenvalue weighted by Gasteiger charge is -2.21. The average molecular weight is 329 g/mol. The molecule has 1 aromatic carbocycles. The van der Waals surface area contributed by atoms with Gasteiger partial charge in [-0.25, -0.2) is 12.8 Å². The summed E-state index contributed by atoms with van der Waals surface area (Å²) in [6, 6.07) is 4.66. The molecule has 0 spiro atoms. The summed E-state index contributed by atoms with van der Waals surface area (Å²) in [4.78, 5) is 11.8. The number of hydrogen-bond acceptors (Lipinski definition) is 4. The van der Waals surface area contributed by atoms with Gasteiger partial charge in [-0.3, -0.25) is 4.79 Å². The van der Waals surface area contributed by atoms with Crippen molar-refractivity contribution in [2.75, 3.05) is 19.0 Å². The van der Waals surface area contributed by atoms with E-state index >= 15 is 0 Å². The zero-order chi connectivity index (χ0) is 16.2. The van der Waals surface area contributed by atoms with Gasteiger partial charge in [-0.05, 0) is 37.0 Å². The van der Waals surface area contributed by atoms with Crippen molar-refractivity contribution in [1.29, 1.82) is 0 Å². The first-order chi connectivity index (χ1) is 10.4. The lowest BCUT2D eigenvalue weighted by atomic mass is 10.1. The Bertz CT molecular complexity index is 639. The fourth-order valence-corrected chi connectivity index (χ4v) is 3.95. The van der Waals surface area contributed by atoms with E-state index in [1.807, 2.05) is 0 Å². The van der Waals surface area contributed by atoms with Gasteiger partial charge in [-0.15, -0.1) is 0 Å². The van der Waals surface area contributed by atoms with Crippen LogP contribution < -0.4 is 5.32 Å². The zero-order valence-corrected chi connectivity index (χ0v) is 13.3. The Morgan fingerprint density at radius 3 is 2.68 bits per heavy atom. The summed E-state index contributed by atoms with van der Waals surface area (Å²) in [6.07, 6.45) is 0.859. The standard InChI is InChI=1S/C15H20FNO4S/c1-11-2-3-12(8-14(11)16)9-17-15(18)10-22(19,20)13-4-6-21-7-5-13/h2-3,8,13H,4-7,9-10H2,1H3,(H,17,18). The third-order valence-electron chi connectivity index (χ3n) is 3.73. The first kappa shape index (κ1) is 16.9. The van der Waals surface area contributed by atoms with Crippen LogP contribution in [0.25, 0.3) is 0 Å². The van der Waals surface area contributed by atoms with Gasteiger partial charge in [0.2, 0.25) is 5.91 Å². The number of amides is 1. The normalized spacial score (nSPS) is 16.5. The summed E-state index contributed by atoms with van der Waals surface area (Å²) < 4.78 is 42.8. The van der Waals surface area contributed by atoms with Gasteiger partial charge in [0.05, 0.1) is 5.25 Å². The number of ether oxygens (including phenoxy) is 1. The summed E-state index contributed by atoms with van der Waals surface area (Å²) in [5.74, 6) is -1.44. The van der Waals surface area contributed by atoms with Crippen molar-refractivity contribution in [3.63, 3.8) is 0 Å². The van der Waals surface area contributed by atoms with Crippen molar-refractivity contribution in [2.24, 2.45) is 0 Å². The molecule has 1 amide bonds. The molecule has 122 valence electrons. The number of carbonyl (C=O) groups excluding carboxylic acids is 1. The highest BCUT2D eigenvalue weighted by molar-refractivity contribution is 7.92. The Labute approximate surface area is 129 Å². The smallest absolute Gasteiger partial charge is 0.235 e. The molecular formula is C15H20FNO4S. The largest absolute Gasteiger partial charge is 0.381 e. The second-order valence-electron chi connectivity index (χ2n) is 5.48. The number of halogens is 1. The zero-order valence-electron chi connectivity index (χ0n) is 12.5. The van der Waals surface area contributed by atoms with E-state index in [4.69, 9.17) is 4.74 Å². The lowest BCUT2D eigenvalue weighted by Crippen LogP contribution is -2.37. The SMILES string of the molecule is Cc1ccc(CNC(=O)CS(=O)(=O)C2CCOCC2)cc1F. The highest BCUT2D eigenvalue weighted by atomic mass is 32.2. The maximum absolute atomic E-state index is 13.4. The fourth-order valence-electron chi connectivity index (χ4n) is 2.33. The van der Waals surface area contributed by atoms with Crippen LogP contribution in [-0.4, -0.2) is 38.5 Å². The third-order valence-corrected chi connectivity index (χ3v) is 5.89. The van der Waals surface area contributed by atoms with Crippen LogP contribution in [0.3, 0.4) is 0 Å². The highest BCUT2D eigenvalue weighted by Crippen LogP contribution is 2.16. The van der Waals surface area contributed by atoms with E-state index in [1.54, 1.807) is 19.1 Å². The van der Waals surface area contributed by atoms with Gasteiger partial charge in [0, 0.05) is 19.8 Å². The second-order valence-corrected chi connectivity index (χ2v) is 7.76. The highest BCUT2D eigenvalue weighted by Gasteiger charge is 2.29. The van der Waals surface area contributed by atoms with Crippen molar-refractivity contribution < 1.29 is 22.3 Å². The second kappa shape index (κ2) is 7.19. The molecule has 0 unspecified atom stereocenters. The number of hydrogen-bond donors (Lipinski definition) is 1. The molecule has 7 heteroatoms. The molecule has 0 aliphatic carbocycles. The van der Waals surface area contributed by atoms with E-state index in [-0.39, 0.29) is 12.4 Å². The predicted octanol–water partition coefficient (Wildman–Crippen LogP) is 1.34. The van der Waals surface area contributed by atoms with Crippen LogP contribution in [0.5, 0.6) is 0 Å². The van der Waals surface area contributed by atoms with Crippen LogP contribution in [0.2, 0.25) is 0 Å². The van der Waals surface area contributed by atoms with Gasteiger partial charge >= 0.3 is 0 Å². The average Bonchev–Trinajstić information content (AvgIpc) is 2.49. The molecule has 1 aliphatic heterocycles. The Balaban J connectivity index is 1.88. The number of benzene rings is 1. The molecule has 1 aromatic rings. The van der Waals surface area contributed by atoms with Crippen molar-refractivity contribution in [3.8, 4) is 0 Å². The molecule has 0 aromatic heterocycles. The Kier molecular flexibility index (Phi) is 5.52. The van der Waals surface area contributed by atoms with Gasteiger partial charge in [-0.1, -0.05) is 12.1 Å². The molecular weight excluding hydrogens is 309 g/mol. The van der Waals surface area contributed by atoms with Gasteiger partial charge < -0.3 is 10.1 Å². The lowest BCUT2D eigenvalue weighted by molar-refractivity contribution is -0.118. The number of carbonyl (C=O) groups is 1. The molecule has 1 fully saturated rings. The van der Waals surface area contributed by atoms with Crippen LogP contribution in [-0.2, 0) is 25.9 Å². The number of nitrogens with one attached hydrogen (secondary N) is 1. The maximum Gasteiger partial charge on any atom is 0.235 e. The maximum atomic E-state index is 13.4. The van der Waals surface area contributed by atoms with Crippen LogP contribution in [0, 0.1) is 12.7 Å². The van der Waals surface area contributed by atoms with E-state index < -0.39 is 26.7 Å². The van der Waals surface area contributed by atoms with Gasteiger partial charge in [0.25, 0.3) is 0 Å². The molecule has 5 nitrogen and oxygen atoms in total. The Morgan fingerprint density at radius 1 is 1.36 bits per heavy atom. The van der Waals surface area contributed by atoms with Gasteiger partial charge in [0.1, 0.15) is 11.6 Å². The first-order valence-electron chi connectivity index (χ1n) is 7.19. The summed E-state index contributed by atoms with van der Waals surface area (Å²) in [5.41, 5.74) is 1.12. The molecule has 1 aliphatic rings. The van der Waals surface area contributed by atoms with E-state index in [1.165, 1.54) is 6.07 Å². The van der Waals surface area contributed by atoms with E-state index in [2.05, 4.69) is 5.32 Å². The van der Waals surface area contributed by atoms with Crippen LogP contribution in [0.1, 0.15) is 24.0 Å². The topological polar surface area (TPSA) is 72.5 Å². The monoisotopic (exact) mass is 329 g/mol. The summed E-state index contributed by atoms with van der Waals surface area (Å²) in [7, 11) is -3.47. The van der Waals surface area contributed by atoms with Crippen molar-refractivity contribution in [1.82, 2.24) is 5.32 Å². The van der Waals surface area contributed by atoms with Gasteiger partial charge in [0.15, 0.2) is 9.84 Å². The molecule has 2 rings (SSSR count). The predicted molar refractivity (Wildman–Crippen MR) is 80.6 cm³/mol. The van der Waals surface area contributed by atoms with Crippen molar-refractivity contribution >= 4 is 15.7 Å². The minimum Gasteiger partial charge on any atom is -0.381 e. The number of aryl methyl sites for hydroxylation is 1. The molecule has 22 heavy (non-hydrogen) atoms. The van der Waals surface area contributed by atoms with E-state index in [0.717, 1.165) is 0 Å². The Hall–Kier alpha value is -1.47. The summed E-state index contributed by atoms with van der Waals surface area (Å²) in [5, 5.41) is 2.01. The molecule has 0 radical (unpaired) electrons. The van der Waals surface area contributed by atoms with Crippen molar-refractivity contribution in [3.05, 3.63) is 35.1 Å². The summed E-state index contributed by atoms with van der Waals surface area (Å²) >= 11 is 0. The molecule has 0 atom stereocenters. The number of rotatable bonds is 5. The minimum atomic E-state index is -3.47. The summed E-state index contributed by atoms with van der Waals surface area (Å²) in [6.45, 7) is 2.58. The van der Waals surface area contributed by atoms with Crippen LogP contribution >= 0.6 is 0 Å². The molecule has 1 saturated heterocycles. The molecule has 1 N–H and O–H groups in total. The van der Waals surface area contributed by atoms with E-state index in [0.29, 0.717) is 37.2 Å². The fraction of sp³-hybridized carbons (Fsp3) is 0.533. The third kappa shape index (κ3) is 4.51. The minimum absolute atomic E-state index is 0.110. The number of sulfone groups is 1. The van der Waals surface area contributed by atoms with Gasteiger partial charge in [-0.2, -0.15) is 0 Å². The molecule has 1 heterocycles. The van der Waals surface area contributed by atoms with Crippen molar-refractivity contribution in [2.45, 2.75) is 31.6 Å². The first-order valence-corrected chi connectivity index (χ1v) is 8.91. The molecule has 0 bridgehead atoms.